The van der Waals surface area contributed by atoms with E-state index in [2.05, 4.69) is 18.2 Å². The van der Waals surface area contributed by atoms with Crippen LogP contribution in [-0.4, -0.2) is 47.2 Å². The van der Waals surface area contributed by atoms with Gasteiger partial charge in [0.2, 0.25) is 0 Å². The van der Waals surface area contributed by atoms with E-state index in [9.17, 15) is 49.5 Å². The first kappa shape index (κ1) is 33.1. The molecule has 0 aromatic heterocycles. The highest BCUT2D eigenvalue weighted by Crippen LogP contribution is 2.69. The first-order valence-electron chi connectivity index (χ1n) is 14.3. The number of aliphatic hydroxyl groups is 2. The van der Waals surface area contributed by atoms with Crippen LogP contribution in [0.2, 0.25) is 0 Å². The summed E-state index contributed by atoms with van der Waals surface area (Å²) in [5.74, 6) is 0.158. The van der Waals surface area contributed by atoms with Gasteiger partial charge in [-0.2, -0.15) is 34.8 Å². The lowest BCUT2D eigenvalue weighted by Gasteiger charge is -2.60. The fourth-order valence-electron chi connectivity index (χ4n) is 8.50. The lowest BCUT2D eigenvalue weighted by molar-refractivity contribution is -0.370. The molecule has 4 N–H and O–H groups in total. The highest BCUT2D eigenvalue weighted by Gasteiger charge is 2.69. The first-order valence-corrected chi connectivity index (χ1v) is 15.8. The van der Waals surface area contributed by atoms with Gasteiger partial charge in [-0.1, -0.05) is 38.3 Å². The third kappa shape index (κ3) is 5.82. The Morgan fingerprint density at radius 2 is 1.71 bits per heavy atom. The van der Waals surface area contributed by atoms with Crippen LogP contribution >= 0.6 is 0 Å². The predicted molar refractivity (Wildman–Crippen MR) is 145 cm³/mol. The molecule has 0 saturated heterocycles. The van der Waals surface area contributed by atoms with Crippen LogP contribution in [0.3, 0.4) is 0 Å². The second kappa shape index (κ2) is 11.3. The molecule has 238 valence electrons. The van der Waals surface area contributed by atoms with Gasteiger partial charge < -0.3 is 10.2 Å². The summed E-state index contributed by atoms with van der Waals surface area (Å²) in [5, 5.41) is 20.5. The van der Waals surface area contributed by atoms with Crippen molar-refractivity contribution in [3.63, 3.8) is 0 Å². The van der Waals surface area contributed by atoms with Crippen molar-refractivity contribution in [1.29, 1.82) is 0 Å². The molecule has 6 atom stereocenters. The van der Waals surface area contributed by atoms with E-state index in [-0.39, 0.29) is 40.7 Å². The van der Waals surface area contributed by atoms with Crippen LogP contribution in [0.4, 0.5) is 32.0 Å². The average Bonchev–Trinajstić information content (AvgIpc) is 3.17. The van der Waals surface area contributed by atoms with Gasteiger partial charge in [0.05, 0.1) is 11.8 Å². The van der Waals surface area contributed by atoms with Gasteiger partial charge in [-0.3, -0.25) is 9.27 Å². The molecule has 42 heavy (non-hydrogen) atoms. The first-order chi connectivity index (χ1) is 19.3. The summed E-state index contributed by atoms with van der Waals surface area (Å²) in [6.45, 7) is 6.31. The molecule has 2 saturated carbocycles. The van der Waals surface area contributed by atoms with Gasteiger partial charge in [0.1, 0.15) is 0 Å². The molecule has 0 amide bonds. The summed E-state index contributed by atoms with van der Waals surface area (Å²) in [6.07, 6.45) is -6.89. The van der Waals surface area contributed by atoms with E-state index >= 15 is 0 Å². The van der Waals surface area contributed by atoms with Crippen molar-refractivity contribution in [3.05, 3.63) is 42.0 Å². The van der Waals surface area contributed by atoms with Gasteiger partial charge in [0.25, 0.3) is 5.60 Å². The summed E-state index contributed by atoms with van der Waals surface area (Å²) in [5.41, 5.74) is -3.28. The van der Waals surface area contributed by atoms with E-state index in [1.807, 2.05) is 12.1 Å². The Morgan fingerprint density at radius 1 is 1.07 bits per heavy atom. The van der Waals surface area contributed by atoms with Gasteiger partial charge in [0.15, 0.2) is 0 Å². The van der Waals surface area contributed by atoms with Gasteiger partial charge in [-0.25, -0.2) is 0 Å². The molecule has 2 unspecified atom stereocenters. The average molecular weight is 628 g/mol. The van der Waals surface area contributed by atoms with Gasteiger partial charge in [-0.15, -0.1) is 6.58 Å². The molecule has 0 spiro atoms. The third-order valence-electron chi connectivity index (χ3n) is 10.4. The van der Waals surface area contributed by atoms with Crippen molar-refractivity contribution in [2.45, 2.75) is 108 Å². The maximum Gasteiger partial charge on any atom is 0.426 e. The second-order valence-electron chi connectivity index (χ2n) is 12.7. The molecule has 3 aliphatic carbocycles. The molecule has 4 rings (SSSR count). The van der Waals surface area contributed by atoms with Crippen LogP contribution in [0.25, 0.3) is 0 Å². The summed E-state index contributed by atoms with van der Waals surface area (Å²) < 4.78 is 112. The zero-order chi connectivity index (χ0) is 31.4. The summed E-state index contributed by atoms with van der Waals surface area (Å²) in [7, 11) is -4.46. The smallest absolute Gasteiger partial charge is 0.393 e. The maximum atomic E-state index is 13.0. The SMILES string of the molecule is C=C[C@@]12CCc3cc(NS(=O)(=O)O)ccc3C1[C@@H](CCCCCCC(O)(C(F)(F)F)C(F)(F)F)C[C@@]1(C)C2CC[C@@H]1O. The lowest BCUT2D eigenvalue weighted by atomic mass is 9.44. The minimum atomic E-state index is -5.82. The van der Waals surface area contributed by atoms with Crippen molar-refractivity contribution in [2.75, 3.05) is 4.72 Å². The van der Waals surface area contributed by atoms with E-state index in [4.69, 9.17) is 0 Å². The number of aliphatic hydroxyl groups excluding tert-OH is 1. The number of aryl methyl sites for hydroxylation is 1. The Kier molecular flexibility index (Phi) is 8.87. The number of benzene rings is 1. The summed E-state index contributed by atoms with van der Waals surface area (Å²) in [6, 6.07) is 5.14. The summed E-state index contributed by atoms with van der Waals surface area (Å²) >= 11 is 0. The van der Waals surface area contributed by atoms with Crippen LogP contribution in [0.1, 0.15) is 88.2 Å². The molecule has 0 bridgehead atoms. The Labute approximate surface area is 242 Å². The Hall–Kier alpha value is -1.83. The number of fused-ring (bicyclic) bond motifs is 5. The number of hydrogen-bond donors (Lipinski definition) is 4. The molecular weight excluding hydrogens is 588 g/mol. The molecule has 0 radical (unpaired) electrons. The lowest BCUT2D eigenvalue weighted by Crippen LogP contribution is -2.56. The molecule has 1 aromatic rings. The van der Waals surface area contributed by atoms with Crippen LogP contribution in [0.15, 0.2) is 30.9 Å². The third-order valence-corrected chi connectivity index (χ3v) is 10.9. The zero-order valence-electron chi connectivity index (χ0n) is 23.4. The standard InChI is InChI=1S/C29H39F6NO5S/c1-3-26-15-13-18-16-20(36-42(39,40)41)9-10-21(18)24(26)19(17-25(2)22(26)11-12-23(25)37)8-6-4-5-7-14-27(38,28(30,31)32)29(33,34)35/h3,9-10,16,19,22-24,36-38H,1,4-8,11-15,17H2,2H3,(H,39,40,41)/t19-,22?,23-,24?,25-,26-/m0/s1. The number of alkyl halides is 6. The van der Waals surface area contributed by atoms with Crippen molar-refractivity contribution >= 4 is 16.0 Å². The molecule has 13 heteroatoms. The van der Waals surface area contributed by atoms with Crippen LogP contribution < -0.4 is 4.72 Å². The molecule has 2 fully saturated rings. The molecule has 1 aromatic carbocycles. The van der Waals surface area contributed by atoms with E-state index in [1.165, 1.54) is 0 Å². The van der Waals surface area contributed by atoms with Crippen LogP contribution in [0.5, 0.6) is 0 Å². The number of halogens is 6. The predicted octanol–water partition coefficient (Wildman–Crippen LogP) is 7.10. The number of nitrogens with one attached hydrogen (secondary N) is 1. The minimum Gasteiger partial charge on any atom is -0.393 e. The van der Waals surface area contributed by atoms with E-state index in [1.54, 1.807) is 12.1 Å². The fourth-order valence-corrected chi connectivity index (χ4v) is 8.93. The van der Waals surface area contributed by atoms with Crippen molar-refractivity contribution in [1.82, 2.24) is 0 Å². The molecular formula is C29H39F6NO5S. The van der Waals surface area contributed by atoms with Crippen molar-refractivity contribution in [2.24, 2.45) is 22.7 Å². The maximum absolute atomic E-state index is 13.0. The Bertz CT molecular complexity index is 1250. The topological polar surface area (TPSA) is 107 Å². The van der Waals surface area contributed by atoms with Gasteiger partial charge in [-0.05, 0) is 103 Å². The number of rotatable bonds is 10. The normalized spacial score (nSPS) is 31.7. The molecule has 0 aliphatic heterocycles. The van der Waals surface area contributed by atoms with Crippen molar-refractivity contribution < 1.29 is 49.5 Å². The second-order valence-corrected chi connectivity index (χ2v) is 13.9. The summed E-state index contributed by atoms with van der Waals surface area (Å²) in [4.78, 5) is 0. The van der Waals surface area contributed by atoms with E-state index < -0.39 is 47.2 Å². The van der Waals surface area contributed by atoms with Crippen LogP contribution in [0, 0.1) is 22.7 Å². The Morgan fingerprint density at radius 3 is 2.31 bits per heavy atom. The molecule has 6 nitrogen and oxygen atoms in total. The largest absolute Gasteiger partial charge is 0.426 e. The monoisotopic (exact) mass is 627 g/mol. The number of unbranched alkanes of at least 4 members (excludes halogenated alkanes) is 3. The van der Waals surface area contributed by atoms with E-state index in [0.717, 1.165) is 24.0 Å². The number of allylic oxidation sites excluding steroid dienone is 1. The van der Waals surface area contributed by atoms with Crippen LogP contribution in [-0.2, 0) is 16.7 Å². The molecule has 0 heterocycles. The molecule has 3 aliphatic rings. The minimum absolute atomic E-state index is 0.0255. The van der Waals surface area contributed by atoms with Gasteiger partial charge in [0, 0.05) is 0 Å². The highest BCUT2D eigenvalue weighted by atomic mass is 32.2. The fraction of sp³-hybridized carbons (Fsp3) is 0.724. The number of hydrogen-bond acceptors (Lipinski definition) is 4. The van der Waals surface area contributed by atoms with Crippen molar-refractivity contribution in [3.8, 4) is 0 Å². The Balaban J connectivity index is 1.54. The number of anilines is 1. The quantitative estimate of drug-likeness (QED) is 0.0959. The van der Waals surface area contributed by atoms with E-state index in [0.29, 0.717) is 38.5 Å². The van der Waals surface area contributed by atoms with Gasteiger partial charge >= 0.3 is 22.7 Å². The zero-order valence-corrected chi connectivity index (χ0v) is 24.3. The highest BCUT2D eigenvalue weighted by molar-refractivity contribution is 7.87.